The van der Waals surface area contributed by atoms with Crippen LogP contribution in [-0.2, 0) is 16.0 Å². The molecule has 110 valence electrons. The number of carbonyl (C=O) groups is 2. The van der Waals surface area contributed by atoms with Gasteiger partial charge in [-0.05, 0) is 6.42 Å². The number of aryl methyl sites for hydroxylation is 1. The highest BCUT2D eigenvalue weighted by molar-refractivity contribution is 7.99. The van der Waals surface area contributed by atoms with E-state index < -0.39 is 0 Å². The summed E-state index contributed by atoms with van der Waals surface area (Å²) < 4.78 is 0. The maximum atomic E-state index is 11.5. The third-order valence-electron chi connectivity index (χ3n) is 2.34. The fourth-order valence-electron chi connectivity index (χ4n) is 1.39. The van der Waals surface area contributed by atoms with Gasteiger partial charge in [-0.15, -0.1) is 0 Å². The maximum Gasteiger partial charge on any atom is 0.251 e. The Morgan fingerprint density at radius 2 is 2.15 bits per heavy atom. The van der Waals surface area contributed by atoms with Crippen LogP contribution in [0.3, 0.4) is 0 Å². The molecule has 0 unspecified atom stereocenters. The van der Waals surface area contributed by atoms with Crippen molar-refractivity contribution >= 4 is 23.6 Å². The molecule has 0 aliphatic carbocycles. The number of aromatic nitrogens is 2. The van der Waals surface area contributed by atoms with Crippen LogP contribution < -0.4 is 16.2 Å². The highest BCUT2D eigenvalue weighted by Gasteiger charge is 2.07. The van der Waals surface area contributed by atoms with E-state index >= 15 is 0 Å². The van der Waals surface area contributed by atoms with E-state index in [9.17, 15) is 14.4 Å². The molecule has 0 spiro atoms. The van der Waals surface area contributed by atoms with Crippen molar-refractivity contribution in [3.63, 3.8) is 0 Å². The van der Waals surface area contributed by atoms with Crippen molar-refractivity contribution in [2.45, 2.75) is 24.9 Å². The van der Waals surface area contributed by atoms with Crippen LogP contribution in [0.5, 0.6) is 0 Å². The number of amides is 2. The number of carbonyl (C=O) groups excluding carboxylic acids is 2. The Bertz CT molecular complexity index is 530. The van der Waals surface area contributed by atoms with Gasteiger partial charge >= 0.3 is 0 Å². The van der Waals surface area contributed by atoms with E-state index in [1.807, 2.05) is 6.92 Å². The lowest BCUT2D eigenvalue weighted by Gasteiger charge is -2.05. The van der Waals surface area contributed by atoms with E-state index in [1.54, 1.807) is 0 Å². The minimum atomic E-state index is -0.290. The summed E-state index contributed by atoms with van der Waals surface area (Å²) in [6, 6.07) is 1.46. The van der Waals surface area contributed by atoms with Crippen molar-refractivity contribution in [3.05, 3.63) is 22.1 Å². The van der Waals surface area contributed by atoms with Crippen molar-refractivity contribution in [1.82, 2.24) is 20.6 Å². The Morgan fingerprint density at radius 1 is 1.40 bits per heavy atom. The molecule has 0 fully saturated rings. The molecule has 3 N–H and O–H groups in total. The Kier molecular flexibility index (Phi) is 6.78. The Balaban J connectivity index is 2.50. The topological polar surface area (TPSA) is 104 Å². The summed E-state index contributed by atoms with van der Waals surface area (Å²) in [7, 11) is 1.50. The van der Waals surface area contributed by atoms with Gasteiger partial charge in [0.2, 0.25) is 11.8 Å². The second kappa shape index (κ2) is 8.36. The fourth-order valence-corrected chi connectivity index (χ4v) is 2.11. The number of hydrogen-bond donors (Lipinski definition) is 3. The SMILES string of the molecule is CCCc1cc(=O)[nH]c(SCC(=O)NCC(=O)NC)n1. The van der Waals surface area contributed by atoms with Gasteiger partial charge in [-0.1, -0.05) is 25.1 Å². The van der Waals surface area contributed by atoms with E-state index in [4.69, 9.17) is 0 Å². The van der Waals surface area contributed by atoms with Gasteiger partial charge < -0.3 is 15.6 Å². The first-order chi connectivity index (χ1) is 9.55. The molecule has 0 atom stereocenters. The molecule has 0 radical (unpaired) electrons. The first kappa shape index (κ1) is 16.2. The lowest BCUT2D eigenvalue weighted by Crippen LogP contribution is -2.36. The van der Waals surface area contributed by atoms with Crippen molar-refractivity contribution in [1.29, 1.82) is 0 Å². The van der Waals surface area contributed by atoms with Crippen LogP contribution in [0.25, 0.3) is 0 Å². The normalized spacial score (nSPS) is 10.1. The molecule has 0 saturated heterocycles. The zero-order chi connectivity index (χ0) is 15.0. The molecular formula is C12H18N4O3S. The van der Waals surface area contributed by atoms with E-state index in [1.165, 1.54) is 13.1 Å². The van der Waals surface area contributed by atoms with Crippen LogP contribution in [0.1, 0.15) is 19.0 Å². The van der Waals surface area contributed by atoms with Crippen molar-refractivity contribution < 1.29 is 9.59 Å². The average molecular weight is 298 g/mol. The molecule has 1 aromatic heterocycles. The summed E-state index contributed by atoms with van der Waals surface area (Å²) in [5, 5.41) is 5.28. The van der Waals surface area contributed by atoms with Gasteiger partial charge in [-0.2, -0.15) is 0 Å². The van der Waals surface area contributed by atoms with Gasteiger partial charge in [0.15, 0.2) is 5.16 Å². The molecule has 20 heavy (non-hydrogen) atoms. The van der Waals surface area contributed by atoms with E-state index in [0.29, 0.717) is 10.9 Å². The summed E-state index contributed by atoms with van der Waals surface area (Å²) in [5.74, 6) is -0.461. The second-order valence-electron chi connectivity index (χ2n) is 4.03. The zero-order valence-electron chi connectivity index (χ0n) is 11.5. The molecule has 2 amide bonds. The summed E-state index contributed by atoms with van der Waals surface area (Å²) in [5.41, 5.74) is 0.487. The molecule has 0 aliphatic rings. The van der Waals surface area contributed by atoms with Gasteiger partial charge in [-0.3, -0.25) is 14.4 Å². The molecule has 0 aliphatic heterocycles. The van der Waals surface area contributed by atoms with Gasteiger partial charge in [0, 0.05) is 18.8 Å². The smallest absolute Gasteiger partial charge is 0.251 e. The number of H-pyrrole nitrogens is 1. The molecule has 7 nitrogen and oxygen atoms in total. The Morgan fingerprint density at radius 3 is 2.80 bits per heavy atom. The number of rotatable bonds is 7. The highest BCUT2D eigenvalue weighted by Crippen LogP contribution is 2.11. The Labute approximate surface area is 120 Å². The summed E-state index contributed by atoms with van der Waals surface area (Å²) in [6.07, 6.45) is 1.62. The van der Waals surface area contributed by atoms with E-state index in [0.717, 1.165) is 24.6 Å². The number of hydrogen-bond acceptors (Lipinski definition) is 5. The zero-order valence-corrected chi connectivity index (χ0v) is 12.3. The minimum absolute atomic E-state index is 0.0598. The van der Waals surface area contributed by atoms with Crippen molar-refractivity contribution in [3.8, 4) is 0 Å². The molecule has 1 aromatic rings. The average Bonchev–Trinajstić information content (AvgIpc) is 2.42. The monoisotopic (exact) mass is 298 g/mol. The molecule has 0 aromatic carbocycles. The highest BCUT2D eigenvalue weighted by atomic mass is 32.2. The standard InChI is InChI=1S/C12H18N4O3S/c1-3-4-8-5-9(17)16-12(15-8)20-7-11(19)14-6-10(18)13-2/h5H,3-4,6-7H2,1-2H3,(H,13,18)(H,14,19)(H,15,16,17). The van der Waals surface area contributed by atoms with Gasteiger partial charge in [0.05, 0.1) is 12.3 Å². The Hall–Kier alpha value is -1.83. The summed E-state index contributed by atoms with van der Waals surface area (Å²) >= 11 is 1.13. The molecule has 0 saturated carbocycles. The first-order valence-electron chi connectivity index (χ1n) is 6.25. The van der Waals surface area contributed by atoms with Crippen LogP contribution in [0.2, 0.25) is 0 Å². The third-order valence-corrected chi connectivity index (χ3v) is 3.22. The number of nitrogens with one attached hydrogen (secondary N) is 3. The predicted molar refractivity (Wildman–Crippen MR) is 76.7 cm³/mol. The van der Waals surface area contributed by atoms with Crippen molar-refractivity contribution in [2.75, 3.05) is 19.3 Å². The van der Waals surface area contributed by atoms with Crippen LogP contribution in [-0.4, -0.2) is 41.1 Å². The van der Waals surface area contributed by atoms with Gasteiger partial charge in [-0.25, -0.2) is 4.98 Å². The van der Waals surface area contributed by atoms with E-state index in [-0.39, 0.29) is 29.7 Å². The second-order valence-corrected chi connectivity index (χ2v) is 4.99. The molecule has 1 heterocycles. The predicted octanol–water partition coefficient (Wildman–Crippen LogP) is -0.323. The fraction of sp³-hybridized carbons (Fsp3) is 0.500. The minimum Gasteiger partial charge on any atom is -0.358 e. The maximum absolute atomic E-state index is 11.5. The number of nitrogens with zero attached hydrogens (tertiary/aromatic N) is 1. The lowest BCUT2D eigenvalue weighted by atomic mass is 10.2. The van der Waals surface area contributed by atoms with Gasteiger partial charge in [0.25, 0.3) is 5.56 Å². The third kappa shape index (κ3) is 5.87. The number of aromatic amines is 1. The van der Waals surface area contributed by atoms with Crippen LogP contribution >= 0.6 is 11.8 Å². The summed E-state index contributed by atoms with van der Waals surface area (Å²) in [6.45, 7) is 1.94. The molecule has 8 heteroatoms. The van der Waals surface area contributed by atoms with Gasteiger partial charge in [0.1, 0.15) is 0 Å². The largest absolute Gasteiger partial charge is 0.358 e. The van der Waals surface area contributed by atoms with Crippen LogP contribution in [0.15, 0.2) is 16.0 Å². The number of likely N-dealkylation sites (N-methyl/N-ethyl adjacent to an activating group) is 1. The molecular weight excluding hydrogens is 280 g/mol. The molecule has 1 rings (SSSR count). The van der Waals surface area contributed by atoms with E-state index in [2.05, 4.69) is 20.6 Å². The van der Waals surface area contributed by atoms with Crippen LogP contribution in [0.4, 0.5) is 0 Å². The van der Waals surface area contributed by atoms with Crippen molar-refractivity contribution in [2.24, 2.45) is 0 Å². The first-order valence-corrected chi connectivity index (χ1v) is 7.24. The lowest BCUT2D eigenvalue weighted by molar-refractivity contribution is -0.124. The van der Waals surface area contributed by atoms with Crippen LogP contribution in [0, 0.1) is 0 Å². The quantitative estimate of drug-likeness (QED) is 0.472. The summed E-state index contributed by atoms with van der Waals surface area (Å²) in [4.78, 5) is 40.7. The molecule has 0 bridgehead atoms. The number of thioether (sulfide) groups is 1.